The Hall–Kier alpha value is -1.62. The first-order valence-corrected chi connectivity index (χ1v) is 9.94. The van der Waals surface area contributed by atoms with Gasteiger partial charge in [-0.25, -0.2) is 0 Å². The molecule has 0 aromatic heterocycles. The third-order valence-corrected chi connectivity index (χ3v) is 5.01. The topological polar surface area (TPSA) is 41.9 Å². The number of fused-ring (bicyclic) bond motifs is 1. The van der Waals surface area contributed by atoms with Crippen LogP contribution in [0.2, 0.25) is 19.6 Å². The molecule has 1 aliphatic heterocycles. The molecule has 0 fully saturated rings. The molecule has 0 radical (unpaired) electrons. The fraction of sp³-hybridized carbons (Fsp3) is 0.429. The van der Waals surface area contributed by atoms with E-state index in [2.05, 4.69) is 37.8 Å². The lowest BCUT2D eigenvalue weighted by Crippen LogP contribution is -2.49. The monoisotopic (exact) mass is 276 g/mol. The van der Waals surface area contributed by atoms with E-state index in [0.29, 0.717) is 5.71 Å². The molecule has 5 heteroatoms. The van der Waals surface area contributed by atoms with Gasteiger partial charge in [-0.3, -0.25) is 4.79 Å². The van der Waals surface area contributed by atoms with Crippen LogP contribution in [0.25, 0.3) is 0 Å². The molecule has 1 aromatic rings. The van der Waals surface area contributed by atoms with Crippen molar-refractivity contribution in [3.05, 3.63) is 29.3 Å². The van der Waals surface area contributed by atoms with E-state index in [1.54, 1.807) is 0 Å². The van der Waals surface area contributed by atoms with Crippen LogP contribution in [-0.2, 0) is 16.1 Å². The van der Waals surface area contributed by atoms with Crippen LogP contribution in [0.1, 0.15) is 18.1 Å². The summed E-state index contributed by atoms with van der Waals surface area (Å²) in [5, 5.41) is 3.93. The molecule has 0 saturated heterocycles. The number of anilines is 1. The van der Waals surface area contributed by atoms with Gasteiger partial charge in [-0.1, -0.05) is 37.8 Å². The molecule has 0 aliphatic carbocycles. The van der Waals surface area contributed by atoms with Gasteiger partial charge >= 0.3 is 0 Å². The van der Waals surface area contributed by atoms with Crippen molar-refractivity contribution in [2.45, 2.75) is 33.0 Å². The first kappa shape index (κ1) is 13.8. The Kier molecular flexibility index (Phi) is 3.49. The van der Waals surface area contributed by atoms with Gasteiger partial charge in [-0.2, -0.15) is 0 Å². The van der Waals surface area contributed by atoms with Crippen molar-refractivity contribution in [2.24, 2.45) is 5.16 Å². The average molecular weight is 276 g/mol. The molecule has 0 unspecified atom stereocenters. The average Bonchev–Trinajstić information content (AvgIpc) is 2.62. The van der Waals surface area contributed by atoms with E-state index >= 15 is 0 Å². The third kappa shape index (κ3) is 2.30. The number of hydrogen-bond donors (Lipinski definition) is 0. The van der Waals surface area contributed by atoms with Crippen molar-refractivity contribution in [3.63, 3.8) is 0 Å². The summed E-state index contributed by atoms with van der Waals surface area (Å²) < 4.78 is 1.92. The number of carbonyl (C=O) groups is 1. The van der Waals surface area contributed by atoms with Crippen molar-refractivity contribution >= 4 is 25.5 Å². The second-order valence-electron chi connectivity index (χ2n) is 5.64. The van der Waals surface area contributed by atoms with Gasteiger partial charge < -0.3 is 9.40 Å². The van der Waals surface area contributed by atoms with Crippen molar-refractivity contribution in [3.8, 4) is 0 Å². The number of benzene rings is 1. The van der Waals surface area contributed by atoms with Gasteiger partial charge in [0, 0.05) is 11.3 Å². The second-order valence-corrected chi connectivity index (χ2v) is 10.4. The van der Waals surface area contributed by atoms with Crippen LogP contribution in [-0.4, -0.2) is 27.0 Å². The summed E-state index contributed by atoms with van der Waals surface area (Å²) in [6.45, 7) is 8.55. The van der Waals surface area contributed by atoms with Crippen LogP contribution in [0.4, 0.5) is 5.69 Å². The van der Waals surface area contributed by atoms with Crippen LogP contribution in [0.5, 0.6) is 0 Å². The van der Waals surface area contributed by atoms with Crippen LogP contribution < -0.4 is 4.57 Å². The standard InChI is InChI=1S/C14H20N2O2Si/c1-6-10-7-8-12-11(9-10)13(15-18-2)14(17)16(12)19(3,4)5/h7-9H,6H2,1-5H3/b15-13+. The van der Waals surface area contributed by atoms with Crippen LogP contribution in [0.15, 0.2) is 23.4 Å². The lowest BCUT2D eigenvalue weighted by atomic mass is 10.1. The van der Waals surface area contributed by atoms with E-state index in [4.69, 9.17) is 4.84 Å². The zero-order valence-electron chi connectivity index (χ0n) is 12.2. The molecule has 0 spiro atoms. The Morgan fingerprint density at radius 3 is 2.53 bits per heavy atom. The number of oxime groups is 1. The molecular formula is C14H20N2O2Si. The lowest BCUT2D eigenvalue weighted by molar-refractivity contribution is -0.111. The minimum Gasteiger partial charge on any atom is -0.398 e. The summed E-state index contributed by atoms with van der Waals surface area (Å²) in [6.07, 6.45) is 0.939. The SMILES string of the molecule is CCc1ccc2c(c1)/C(=N\OC)C(=O)N2[Si](C)(C)C. The van der Waals surface area contributed by atoms with Crippen molar-refractivity contribution in [1.82, 2.24) is 0 Å². The van der Waals surface area contributed by atoms with Gasteiger partial charge in [0.25, 0.3) is 5.91 Å². The van der Waals surface area contributed by atoms with Gasteiger partial charge in [-0.05, 0) is 24.1 Å². The van der Waals surface area contributed by atoms with Crippen molar-refractivity contribution in [1.29, 1.82) is 0 Å². The summed E-state index contributed by atoms with van der Waals surface area (Å²) in [5.74, 6) is -0.0377. The Balaban J connectivity index is 2.63. The molecule has 19 heavy (non-hydrogen) atoms. The molecule has 102 valence electrons. The third-order valence-electron chi connectivity index (χ3n) is 3.22. The largest absolute Gasteiger partial charge is 0.398 e. The molecule has 2 rings (SSSR count). The molecule has 0 saturated carbocycles. The summed E-state index contributed by atoms with van der Waals surface area (Å²) in [7, 11) is -0.316. The zero-order chi connectivity index (χ0) is 14.2. The first-order valence-electron chi connectivity index (χ1n) is 6.49. The Labute approximate surface area is 115 Å². The number of carbonyl (C=O) groups excluding carboxylic acids is 1. The molecule has 1 heterocycles. The van der Waals surface area contributed by atoms with E-state index in [1.807, 2.05) is 16.7 Å². The quantitative estimate of drug-likeness (QED) is 0.629. The number of nitrogens with zero attached hydrogens (tertiary/aromatic N) is 2. The molecule has 0 bridgehead atoms. The molecule has 0 N–H and O–H groups in total. The second kappa shape index (κ2) is 4.81. The summed E-state index contributed by atoms with van der Waals surface area (Å²) in [5.41, 5.74) is 3.49. The molecule has 4 nitrogen and oxygen atoms in total. The molecule has 0 atom stereocenters. The predicted octanol–water partition coefficient (Wildman–Crippen LogP) is 2.78. The van der Waals surface area contributed by atoms with Gasteiger partial charge in [0.15, 0.2) is 13.9 Å². The normalized spacial score (nSPS) is 17.0. The van der Waals surface area contributed by atoms with Crippen LogP contribution >= 0.6 is 0 Å². The Bertz CT molecular complexity index is 547. The maximum absolute atomic E-state index is 12.5. The number of hydrogen-bond acceptors (Lipinski definition) is 3. The van der Waals surface area contributed by atoms with Crippen LogP contribution in [0, 0.1) is 0 Å². The smallest absolute Gasteiger partial charge is 0.273 e. The number of rotatable bonds is 3. The lowest BCUT2D eigenvalue weighted by Gasteiger charge is -2.30. The maximum Gasteiger partial charge on any atom is 0.273 e. The number of amides is 1. The van der Waals surface area contributed by atoms with E-state index in [1.165, 1.54) is 12.7 Å². The summed E-state index contributed by atoms with van der Waals surface area (Å²) >= 11 is 0. The fourth-order valence-corrected chi connectivity index (χ4v) is 4.00. The van der Waals surface area contributed by atoms with E-state index in [-0.39, 0.29) is 5.91 Å². The predicted molar refractivity (Wildman–Crippen MR) is 80.2 cm³/mol. The van der Waals surface area contributed by atoms with Crippen LogP contribution in [0.3, 0.4) is 0 Å². The minimum atomic E-state index is -1.79. The van der Waals surface area contributed by atoms with Gasteiger partial charge in [0.05, 0.1) is 0 Å². The van der Waals surface area contributed by atoms with Gasteiger partial charge in [-0.15, -0.1) is 0 Å². The van der Waals surface area contributed by atoms with Gasteiger partial charge in [0.1, 0.15) is 7.11 Å². The highest BCUT2D eigenvalue weighted by Gasteiger charge is 2.41. The maximum atomic E-state index is 12.5. The highest BCUT2D eigenvalue weighted by molar-refractivity contribution is 6.87. The Morgan fingerprint density at radius 2 is 2.00 bits per heavy atom. The van der Waals surface area contributed by atoms with Crippen molar-refractivity contribution < 1.29 is 9.63 Å². The fourth-order valence-electron chi connectivity index (χ4n) is 2.36. The highest BCUT2D eigenvalue weighted by atomic mass is 28.3. The highest BCUT2D eigenvalue weighted by Crippen LogP contribution is 2.34. The molecule has 1 amide bonds. The van der Waals surface area contributed by atoms with E-state index in [9.17, 15) is 4.79 Å². The minimum absolute atomic E-state index is 0.0377. The van der Waals surface area contributed by atoms with E-state index < -0.39 is 8.24 Å². The first-order chi connectivity index (χ1) is 8.90. The van der Waals surface area contributed by atoms with Crippen molar-refractivity contribution in [2.75, 3.05) is 11.7 Å². The molecule has 1 aliphatic rings. The van der Waals surface area contributed by atoms with E-state index in [0.717, 1.165) is 17.7 Å². The number of aryl methyl sites for hydroxylation is 1. The summed E-state index contributed by atoms with van der Waals surface area (Å²) in [4.78, 5) is 17.4. The summed E-state index contributed by atoms with van der Waals surface area (Å²) in [6, 6.07) is 6.16. The molecule has 1 aromatic carbocycles. The molecular weight excluding hydrogens is 256 g/mol. The van der Waals surface area contributed by atoms with Gasteiger partial charge in [0.2, 0.25) is 0 Å². The zero-order valence-corrected chi connectivity index (χ0v) is 13.2. The Morgan fingerprint density at radius 1 is 1.32 bits per heavy atom.